The van der Waals surface area contributed by atoms with Crippen molar-refractivity contribution in [1.29, 1.82) is 0 Å². The zero-order chi connectivity index (χ0) is 17.8. The highest BCUT2D eigenvalue weighted by atomic mass is 16.2. The van der Waals surface area contributed by atoms with E-state index in [9.17, 15) is 4.79 Å². The van der Waals surface area contributed by atoms with Crippen LogP contribution in [0, 0.1) is 0 Å². The van der Waals surface area contributed by atoms with Gasteiger partial charge in [-0.3, -0.25) is 4.79 Å². The summed E-state index contributed by atoms with van der Waals surface area (Å²) < 4.78 is 0. The fraction of sp³-hybridized carbons (Fsp3) is 0.143. The molecule has 1 heterocycles. The molecule has 0 aliphatic carbocycles. The first kappa shape index (κ1) is 16.4. The number of hydrazine groups is 1. The Hall–Kier alpha value is -3.02. The standard InChI is InChI=1S/C21H20N4O/c26-21(25-22-14-15-7-2-1-3-8-15)20-13-19(23-24-20)18-12-6-10-16-9-4-5-11-17(16)18/h1-12,14,19-20,23-24H,13H2,(H,25,26)/b22-14+. The Morgan fingerprint density at radius 1 is 0.962 bits per heavy atom. The third kappa shape index (κ3) is 3.49. The Bertz CT molecular complexity index is 934. The smallest absolute Gasteiger partial charge is 0.258 e. The Morgan fingerprint density at radius 2 is 1.73 bits per heavy atom. The molecule has 0 radical (unpaired) electrons. The normalized spacial score (nSPS) is 19.8. The molecule has 3 aromatic carbocycles. The fourth-order valence-electron chi connectivity index (χ4n) is 3.27. The van der Waals surface area contributed by atoms with Gasteiger partial charge in [0.15, 0.2) is 0 Å². The molecule has 1 saturated heterocycles. The number of hydrogen-bond donors (Lipinski definition) is 3. The van der Waals surface area contributed by atoms with Crippen molar-refractivity contribution in [3.8, 4) is 0 Å². The maximum atomic E-state index is 12.3. The maximum Gasteiger partial charge on any atom is 0.258 e. The van der Waals surface area contributed by atoms with E-state index in [4.69, 9.17) is 0 Å². The van der Waals surface area contributed by atoms with Crippen LogP contribution in [0.3, 0.4) is 0 Å². The number of nitrogens with zero attached hydrogens (tertiary/aromatic N) is 1. The lowest BCUT2D eigenvalue weighted by molar-refractivity contribution is -0.122. The van der Waals surface area contributed by atoms with E-state index in [-0.39, 0.29) is 18.0 Å². The molecule has 130 valence electrons. The molecule has 5 nitrogen and oxygen atoms in total. The molecular weight excluding hydrogens is 324 g/mol. The molecule has 1 aliphatic heterocycles. The van der Waals surface area contributed by atoms with Gasteiger partial charge in [-0.15, -0.1) is 0 Å². The lowest BCUT2D eigenvalue weighted by Crippen LogP contribution is -2.41. The van der Waals surface area contributed by atoms with Crippen LogP contribution in [0.25, 0.3) is 10.8 Å². The molecule has 1 fully saturated rings. The molecule has 3 N–H and O–H groups in total. The van der Waals surface area contributed by atoms with Gasteiger partial charge >= 0.3 is 0 Å². The predicted molar refractivity (Wildman–Crippen MR) is 104 cm³/mol. The van der Waals surface area contributed by atoms with Gasteiger partial charge in [0.25, 0.3) is 5.91 Å². The first-order valence-electron chi connectivity index (χ1n) is 8.68. The second kappa shape index (κ2) is 7.47. The van der Waals surface area contributed by atoms with Crippen molar-refractivity contribution in [2.45, 2.75) is 18.5 Å². The van der Waals surface area contributed by atoms with Crippen LogP contribution in [-0.2, 0) is 4.79 Å². The van der Waals surface area contributed by atoms with E-state index in [2.05, 4.69) is 51.7 Å². The van der Waals surface area contributed by atoms with Crippen LogP contribution in [0.15, 0.2) is 77.9 Å². The molecule has 0 saturated carbocycles. The van der Waals surface area contributed by atoms with Crippen LogP contribution in [0.1, 0.15) is 23.6 Å². The summed E-state index contributed by atoms with van der Waals surface area (Å²) in [4.78, 5) is 12.3. The quantitative estimate of drug-likeness (QED) is 0.504. The number of fused-ring (bicyclic) bond motifs is 1. The van der Waals surface area contributed by atoms with Gasteiger partial charge in [-0.1, -0.05) is 72.8 Å². The monoisotopic (exact) mass is 344 g/mol. The van der Waals surface area contributed by atoms with E-state index in [0.717, 1.165) is 5.56 Å². The number of nitrogens with one attached hydrogen (secondary N) is 3. The van der Waals surface area contributed by atoms with Crippen molar-refractivity contribution in [3.05, 3.63) is 83.9 Å². The highest BCUT2D eigenvalue weighted by molar-refractivity contribution is 5.87. The first-order chi connectivity index (χ1) is 12.8. The molecule has 0 aromatic heterocycles. The van der Waals surface area contributed by atoms with E-state index in [0.29, 0.717) is 6.42 Å². The molecule has 2 unspecified atom stereocenters. The molecule has 1 amide bonds. The summed E-state index contributed by atoms with van der Waals surface area (Å²) in [6, 6.07) is 24.0. The van der Waals surface area contributed by atoms with Crippen molar-refractivity contribution in [3.63, 3.8) is 0 Å². The number of amides is 1. The van der Waals surface area contributed by atoms with Gasteiger partial charge in [-0.2, -0.15) is 5.10 Å². The molecule has 0 spiro atoms. The highest BCUT2D eigenvalue weighted by Gasteiger charge is 2.30. The largest absolute Gasteiger partial charge is 0.271 e. The number of benzene rings is 3. The van der Waals surface area contributed by atoms with Gasteiger partial charge in [-0.05, 0) is 28.3 Å². The van der Waals surface area contributed by atoms with Crippen molar-refractivity contribution in [2.24, 2.45) is 5.10 Å². The zero-order valence-electron chi connectivity index (χ0n) is 14.2. The first-order valence-corrected chi connectivity index (χ1v) is 8.68. The van der Waals surface area contributed by atoms with Crippen LogP contribution in [-0.4, -0.2) is 18.2 Å². The van der Waals surface area contributed by atoms with E-state index in [1.807, 2.05) is 42.5 Å². The van der Waals surface area contributed by atoms with E-state index in [1.165, 1.54) is 16.3 Å². The Kier molecular flexibility index (Phi) is 4.73. The van der Waals surface area contributed by atoms with Crippen LogP contribution in [0.4, 0.5) is 0 Å². The summed E-state index contributed by atoms with van der Waals surface area (Å²) in [5.74, 6) is -0.146. The lowest BCUT2D eigenvalue weighted by atomic mass is 9.96. The van der Waals surface area contributed by atoms with Gasteiger partial charge < -0.3 is 0 Å². The Balaban J connectivity index is 1.41. The Labute approximate surface area is 152 Å². The molecular formula is C21H20N4O. The lowest BCUT2D eigenvalue weighted by Gasteiger charge is -2.13. The predicted octanol–water partition coefficient (Wildman–Crippen LogP) is 2.90. The van der Waals surface area contributed by atoms with Crippen LogP contribution >= 0.6 is 0 Å². The van der Waals surface area contributed by atoms with Crippen LogP contribution in [0.5, 0.6) is 0 Å². The minimum absolute atomic E-state index is 0.0787. The molecule has 26 heavy (non-hydrogen) atoms. The summed E-state index contributed by atoms with van der Waals surface area (Å²) >= 11 is 0. The van der Waals surface area contributed by atoms with Gasteiger partial charge in [0.2, 0.25) is 0 Å². The summed E-state index contributed by atoms with van der Waals surface area (Å²) in [5, 5.41) is 6.45. The van der Waals surface area contributed by atoms with Gasteiger partial charge in [0, 0.05) is 6.04 Å². The van der Waals surface area contributed by atoms with Crippen LogP contribution in [0.2, 0.25) is 0 Å². The molecule has 4 rings (SSSR count). The third-order valence-electron chi connectivity index (χ3n) is 4.61. The van der Waals surface area contributed by atoms with Crippen molar-refractivity contribution in [1.82, 2.24) is 16.3 Å². The third-order valence-corrected chi connectivity index (χ3v) is 4.61. The van der Waals surface area contributed by atoms with Gasteiger partial charge in [-0.25, -0.2) is 16.3 Å². The second-order valence-electron chi connectivity index (χ2n) is 6.34. The van der Waals surface area contributed by atoms with Crippen molar-refractivity contribution < 1.29 is 4.79 Å². The van der Waals surface area contributed by atoms with E-state index in [1.54, 1.807) is 6.21 Å². The van der Waals surface area contributed by atoms with E-state index < -0.39 is 0 Å². The molecule has 2 atom stereocenters. The summed E-state index contributed by atoms with van der Waals surface area (Å²) in [5.41, 5.74) is 11.1. The zero-order valence-corrected chi connectivity index (χ0v) is 14.2. The average Bonchev–Trinajstić information content (AvgIpc) is 3.18. The SMILES string of the molecule is O=C(N/N=C/c1ccccc1)C1CC(c2cccc3ccccc23)NN1. The number of hydrazone groups is 1. The highest BCUT2D eigenvalue weighted by Crippen LogP contribution is 2.29. The van der Waals surface area contributed by atoms with Gasteiger partial charge in [0.05, 0.1) is 6.21 Å². The number of carbonyl (C=O) groups excluding carboxylic acids is 1. The fourth-order valence-corrected chi connectivity index (χ4v) is 3.27. The summed E-state index contributed by atoms with van der Waals surface area (Å²) in [6.45, 7) is 0. The molecule has 3 aromatic rings. The van der Waals surface area contributed by atoms with Crippen molar-refractivity contribution >= 4 is 22.9 Å². The molecule has 5 heteroatoms. The minimum atomic E-state index is -0.327. The molecule has 0 bridgehead atoms. The summed E-state index contributed by atoms with van der Waals surface area (Å²) in [6.07, 6.45) is 2.31. The number of rotatable bonds is 4. The average molecular weight is 344 g/mol. The van der Waals surface area contributed by atoms with Crippen molar-refractivity contribution in [2.75, 3.05) is 0 Å². The van der Waals surface area contributed by atoms with Gasteiger partial charge in [0.1, 0.15) is 6.04 Å². The maximum absolute atomic E-state index is 12.3. The Morgan fingerprint density at radius 3 is 2.62 bits per heavy atom. The second-order valence-corrected chi connectivity index (χ2v) is 6.34. The minimum Gasteiger partial charge on any atom is -0.271 e. The van der Waals surface area contributed by atoms with E-state index >= 15 is 0 Å². The number of hydrogen-bond acceptors (Lipinski definition) is 4. The number of carbonyl (C=O) groups is 1. The molecule has 1 aliphatic rings. The topological polar surface area (TPSA) is 65.5 Å². The van der Waals surface area contributed by atoms with Crippen LogP contribution < -0.4 is 16.3 Å². The summed E-state index contributed by atoms with van der Waals surface area (Å²) in [7, 11) is 0.